The molecule has 0 saturated carbocycles. The van der Waals surface area contributed by atoms with Crippen molar-refractivity contribution in [3.63, 3.8) is 0 Å². The third-order valence-electron chi connectivity index (χ3n) is 4.40. The van der Waals surface area contributed by atoms with Gasteiger partial charge in [-0.15, -0.1) is 0 Å². The average Bonchev–Trinajstić information content (AvgIpc) is 3.09. The molecule has 1 aromatic carbocycles. The second-order valence-electron chi connectivity index (χ2n) is 10.1. The Hall–Kier alpha value is -2.30. The SMILES string of the molecule is CC(=O)Nc1ccc(-c2cnc(N3CC(NC(=O)OC(C)(C)C)C3)s2)c(SNC(C)(C)C)c1. The number of anilines is 2. The van der Waals surface area contributed by atoms with Crippen LogP contribution in [0.3, 0.4) is 0 Å². The van der Waals surface area contributed by atoms with Crippen molar-refractivity contribution >= 4 is 46.1 Å². The van der Waals surface area contributed by atoms with E-state index in [1.807, 2.05) is 45.2 Å². The summed E-state index contributed by atoms with van der Waals surface area (Å²) >= 11 is 3.15. The Morgan fingerprint density at radius 1 is 1.18 bits per heavy atom. The lowest BCUT2D eigenvalue weighted by Gasteiger charge is -2.39. The summed E-state index contributed by atoms with van der Waals surface area (Å²) in [7, 11) is 0. The molecule has 0 spiro atoms. The first kappa shape index (κ1) is 25.3. The number of nitrogens with one attached hydrogen (secondary N) is 3. The smallest absolute Gasteiger partial charge is 0.407 e. The van der Waals surface area contributed by atoms with Crippen LogP contribution in [0.2, 0.25) is 0 Å². The number of nitrogens with zero attached hydrogens (tertiary/aromatic N) is 2. The number of hydrogen-bond donors (Lipinski definition) is 3. The summed E-state index contributed by atoms with van der Waals surface area (Å²) in [6.45, 7) is 14.8. The van der Waals surface area contributed by atoms with E-state index >= 15 is 0 Å². The van der Waals surface area contributed by atoms with Gasteiger partial charge in [0, 0.05) is 47.9 Å². The van der Waals surface area contributed by atoms with Crippen molar-refractivity contribution < 1.29 is 14.3 Å². The number of thiazole rings is 1. The summed E-state index contributed by atoms with van der Waals surface area (Å²) in [4.78, 5) is 32.3. The molecule has 0 atom stereocenters. The van der Waals surface area contributed by atoms with Crippen molar-refractivity contribution in [3.8, 4) is 10.4 Å². The van der Waals surface area contributed by atoms with Crippen LogP contribution >= 0.6 is 23.3 Å². The van der Waals surface area contributed by atoms with Gasteiger partial charge in [-0.1, -0.05) is 17.4 Å². The third-order valence-corrected chi connectivity index (χ3v) is 6.76. The first-order valence-corrected chi connectivity index (χ1v) is 12.5. The van der Waals surface area contributed by atoms with Crippen LogP contribution < -0.4 is 20.3 Å². The maximum absolute atomic E-state index is 12.0. The predicted molar refractivity (Wildman–Crippen MR) is 136 cm³/mol. The highest BCUT2D eigenvalue weighted by atomic mass is 32.2. The van der Waals surface area contributed by atoms with E-state index in [9.17, 15) is 9.59 Å². The number of carbonyl (C=O) groups is 2. The van der Waals surface area contributed by atoms with Crippen molar-refractivity contribution in [1.82, 2.24) is 15.0 Å². The monoisotopic (exact) mass is 491 g/mol. The van der Waals surface area contributed by atoms with Crippen LogP contribution in [0.15, 0.2) is 29.3 Å². The fraction of sp³-hybridized carbons (Fsp3) is 0.522. The largest absolute Gasteiger partial charge is 0.444 e. The summed E-state index contributed by atoms with van der Waals surface area (Å²) < 4.78 is 8.77. The first-order chi connectivity index (χ1) is 15.3. The number of carbonyl (C=O) groups excluding carboxylic acids is 2. The van der Waals surface area contributed by atoms with Crippen molar-refractivity contribution in [2.24, 2.45) is 0 Å². The molecule has 8 nitrogen and oxygen atoms in total. The van der Waals surface area contributed by atoms with E-state index in [0.717, 1.165) is 26.2 Å². The molecule has 1 aliphatic rings. The minimum atomic E-state index is -0.509. The zero-order chi connectivity index (χ0) is 24.4. The third kappa shape index (κ3) is 7.62. The Morgan fingerprint density at radius 3 is 2.48 bits per heavy atom. The molecule has 33 heavy (non-hydrogen) atoms. The van der Waals surface area contributed by atoms with Gasteiger partial charge in [0.2, 0.25) is 5.91 Å². The fourth-order valence-electron chi connectivity index (χ4n) is 3.04. The van der Waals surface area contributed by atoms with Crippen molar-refractivity contribution in [2.45, 2.75) is 70.5 Å². The molecular formula is C23H33N5O3S2. The van der Waals surface area contributed by atoms with Crippen LogP contribution in [0.5, 0.6) is 0 Å². The molecule has 3 N–H and O–H groups in total. The molecule has 0 radical (unpaired) electrons. The number of alkyl carbamates (subject to hydrolysis) is 1. The molecule has 2 heterocycles. The van der Waals surface area contributed by atoms with E-state index in [1.54, 1.807) is 23.3 Å². The van der Waals surface area contributed by atoms with Gasteiger partial charge in [0.15, 0.2) is 5.13 Å². The zero-order valence-corrected chi connectivity index (χ0v) is 21.9. The van der Waals surface area contributed by atoms with Gasteiger partial charge in [-0.2, -0.15) is 0 Å². The van der Waals surface area contributed by atoms with Gasteiger partial charge >= 0.3 is 6.09 Å². The standard InChI is InChI=1S/C23H33N5O3S2/c1-14(29)25-15-8-9-17(18(10-15)33-27-22(2,3)4)19-11-24-20(32-19)28-12-16(13-28)26-21(30)31-23(5,6)7/h8-11,16,27H,12-13H2,1-7H3,(H,25,29)(H,26,30). The predicted octanol–water partition coefficient (Wildman–Crippen LogP) is 4.88. The molecule has 180 valence electrons. The molecule has 1 saturated heterocycles. The molecular weight excluding hydrogens is 458 g/mol. The Bertz CT molecular complexity index is 1000. The van der Waals surface area contributed by atoms with E-state index in [1.165, 1.54) is 6.92 Å². The average molecular weight is 492 g/mol. The van der Waals surface area contributed by atoms with Gasteiger partial charge in [0.05, 0.1) is 10.9 Å². The quantitative estimate of drug-likeness (QED) is 0.496. The van der Waals surface area contributed by atoms with Gasteiger partial charge in [-0.3, -0.25) is 9.52 Å². The number of amides is 2. The molecule has 1 aromatic heterocycles. The number of ether oxygens (including phenoxy) is 1. The highest BCUT2D eigenvalue weighted by Crippen LogP contribution is 2.39. The van der Waals surface area contributed by atoms with E-state index in [4.69, 9.17) is 4.74 Å². The van der Waals surface area contributed by atoms with E-state index < -0.39 is 5.60 Å². The van der Waals surface area contributed by atoms with Crippen LogP contribution in [-0.4, -0.2) is 47.3 Å². The Labute approximate surface area is 204 Å². The molecule has 3 rings (SSSR count). The topological polar surface area (TPSA) is 95.6 Å². The number of hydrogen-bond acceptors (Lipinski definition) is 8. The lowest BCUT2D eigenvalue weighted by atomic mass is 10.1. The number of rotatable bonds is 6. The Balaban J connectivity index is 1.69. The van der Waals surface area contributed by atoms with Crippen molar-refractivity contribution in [3.05, 3.63) is 24.4 Å². The van der Waals surface area contributed by atoms with Crippen LogP contribution in [0, 0.1) is 0 Å². The van der Waals surface area contributed by atoms with Crippen LogP contribution in [0.25, 0.3) is 10.4 Å². The molecule has 0 aliphatic carbocycles. The van der Waals surface area contributed by atoms with Crippen LogP contribution in [0.4, 0.5) is 15.6 Å². The van der Waals surface area contributed by atoms with Gasteiger partial charge in [0.25, 0.3) is 0 Å². The van der Waals surface area contributed by atoms with Crippen molar-refractivity contribution in [2.75, 3.05) is 23.3 Å². The number of benzene rings is 1. The molecule has 0 unspecified atom stereocenters. The number of aromatic nitrogens is 1. The minimum absolute atomic E-state index is 0.0474. The fourth-order valence-corrected chi connectivity index (χ4v) is 4.96. The highest BCUT2D eigenvalue weighted by molar-refractivity contribution is 7.97. The minimum Gasteiger partial charge on any atom is -0.444 e. The van der Waals surface area contributed by atoms with Gasteiger partial charge in [0.1, 0.15) is 5.60 Å². The van der Waals surface area contributed by atoms with Crippen LogP contribution in [-0.2, 0) is 9.53 Å². The molecule has 2 amide bonds. The zero-order valence-electron chi connectivity index (χ0n) is 20.2. The molecule has 10 heteroatoms. The lowest BCUT2D eigenvalue weighted by molar-refractivity contribution is -0.114. The maximum atomic E-state index is 12.0. The summed E-state index contributed by atoms with van der Waals surface area (Å²) in [5, 5.41) is 6.67. The molecule has 0 bridgehead atoms. The first-order valence-electron chi connectivity index (χ1n) is 10.9. The highest BCUT2D eigenvalue weighted by Gasteiger charge is 2.31. The second-order valence-corrected chi connectivity index (χ2v) is 12.0. The maximum Gasteiger partial charge on any atom is 0.407 e. The molecule has 1 fully saturated rings. The lowest BCUT2D eigenvalue weighted by Crippen LogP contribution is -2.60. The van der Waals surface area contributed by atoms with Gasteiger partial charge in [-0.05, 0) is 65.6 Å². The normalized spacial score (nSPS) is 14.6. The second kappa shape index (κ2) is 9.90. The van der Waals surface area contributed by atoms with Crippen molar-refractivity contribution in [1.29, 1.82) is 0 Å². The Morgan fingerprint density at radius 2 is 1.88 bits per heavy atom. The van der Waals surface area contributed by atoms with E-state index in [2.05, 4.69) is 46.0 Å². The summed E-state index contributed by atoms with van der Waals surface area (Å²) in [6.07, 6.45) is 1.49. The molecule has 1 aliphatic heterocycles. The summed E-state index contributed by atoms with van der Waals surface area (Å²) in [5.41, 5.74) is 1.23. The van der Waals surface area contributed by atoms with E-state index in [0.29, 0.717) is 13.1 Å². The Kier molecular flexibility index (Phi) is 7.60. The molecule has 2 aromatic rings. The van der Waals surface area contributed by atoms with E-state index in [-0.39, 0.29) is 23.6 Å². The van der Waals surface area contributed by atoms with Gasteiger partial charge < -0.3 is 20.3 Å². The van der Waals surface area contributed by atoms with Crippen LogP contribution in [0.1, 0.15) is 48.5 Å². The summed E-state index contributed by atoms with van der Waals surface area (Å²) in [5.74, 6) is -0.102. The summed E-state index contributed by atoms with van der Waals surface area (Å²) in [6, 6.07) is 5.94. The van der Waals surface area contributed by atoms with Gasteiger partial charge in [-0.25, -0.2) is 9.78 Å².